The molecule has 0 atom stereocenters. The third-order valence-electron chi connectivity index (χ3n) is 3.72. The SMILES string of the molecule is CC(C)(C)NC(=O)c1ccc(C(=O)NCCN2CCOCC2)cc1. The number of nitrogens with one attached hydrogen (secondary N) is 2. The molecule has 1 aromatic rings. The molecule has 0 saturated carbocycles. The van der Waals surface area contributed by atoms with Crippen molar-refractivity contribution in [3.63, 3.8) is 0 Å². The summed E-state index contributed by atoms with van der Waals surface area (Å²) in [6.45, 7) is 10.6. The molecule has 0 unspecified atom stereocenters. The number of nitrogens with zero attached hydrogens (tertiary/aromatic N) is 1. The number of benzene rings is 1. The van der Waals surface area contributed by atoms with Crippen LogP contribution in [0.1, 0.15) is 41.5 Å². The number of carbonyl (C=O) groups excluding carboxylic acids is 2. The summed E-state index contributed by atoms with van der Waals surface area (Å²) in [5.74, 6) is -0.257. The van der Waals surface area contributed by atoms with Crippen molar-refractivity contribution in [1.29, 1.82) is 0 Å². The highest BCUT2D eigenvalue weighted by Gasteiger charge is 2.16. The largest absolute Gasteiger partial charge is 0.379 e. The molecule has 0 radical (unpaired) electrons. The van der Waals surface area contributed by atoms with Gasteiger partial charge in [-0.1, -0.05) is 0 Å². The van der Waals surface area contributed by atoms with Crippen molar-refractivity contribution in [3.05, 3.63) is 35.4 Å². The smallest absolute Gasteiger partial charge is 0.251 e. The fourth-order valence-corrected chi connectivity index (χ4v) is 2.44. The molecule has 1 fully saturated rings. The van der Waals surface area contributed by atoms with E-state index in [-0.39, 0.29) is 17.4 Å². The lowest BCUT2D eigenvalue weighted by atomic mass is 10.1. The maximum Gasteiger partial charge on any atom is 0.251 e. The van der Waals surface area contributed by atoms with E-state index < -0.39 is 0 Å². The van der Waals surface area contributed by atoms with Gasteiger partial charge in [0, 0.05) is 42.8 Å². The second-order valence-electron chi connectivity index (χ2n) is 6.99. The highest BCUT2D eigenvalue weighted by atomic mass is 16.5. The van der Waals surface area contributed by atoms with Crippen LogP contribution in [-0.4, -0.2) is 61.6 Å². The fraction of sp³-hybridized carbons (Fsp3) is 0.556. The standard InChI is InChI=1S/C18H27N3O3/c1-18(2,3)20-17(23)15-6-4-14(5-7-15)16(22)19-8-9-21-10-12-24-13-11-21/h4-7H,8-13H2,1-3H3,(H,19,22)(H,20,23). The number of rotatable bonds is 5. The van der Waals surface area contributed by atoms with Crippen LogP contribution in [0.2, 0.25) is 0 Å². The van der Waals surface area contributed by atoms with Crippen molar-refractivity contribution >= 4 is 11.8 Å². The minimum atomic E-state index is -0.285. The number of hydrogen-bond donors (Lipinski definition) is 2. The Morgan fingerprint density at radius 2 is 1.58 bits per heavy atom. The van der Waals surface area contributed by atoms with Crippen LogP contribution in [0.4, 0.5) is 0 Å². The van der Waals surface area contributed by atoms with E-state index in [4.69, 9.17) is 4.74 Å². The molecule has 2 amide bonds. The van der Waals surface area contributed by atoms with Crippen LogP contribution >= 0.6 is 0 Å². The Morgan fingerprint density at radius 3 is 2.12 bits per heavy atom. The van der Waals surface area contributed by atoms with E-state index in [1.165, 1.54) is 0 Å². The summed E-state index contributed by atoms with van der Waals surface area (Å²) in [5.41, 5.74) is 0.825. The molecule has 6 heteroatoms. The fourth-order valence-electron chi connectivity index (χ4n) is 2.44. The van der Waals surface area contributed by atoms with Gasteiger partial charge < -0.3 is 15.4 Å². The van der Waals surface area contributed by atoms with Crippen LogP contribution in [0.15, 0.2) is 24.3 Å². The number of amides is 2. The molecule has 0 bridgehead atoms. The lowest BCUT2D eigenvalue weighted by Crippen LogP contribution is -2.41. The number of carbonyl (C=O) groups is 2. The van der Waals surface area contributed by atoms with Crippen LogP contribution in [0.25, 0.3) is 0 Å². The van der Waals surface area contributed by atoms with Crippen molar-refractivity contribution in [3.8, 4) is 0 Å². The quantitative estimate of drug-likeness (QED) is 0.851. The van der Waals surface area contributed by atoms with Gasteiger partial charge in [-0.05, 0) is 45.0 Å². The maximum atomic E-state index is 12.1. The minimum Gasteiger partial charge on any atom is -0.379 e. The monoisotopic (exact) mass is 333 g/mol. The van der Waals surface area contributed by atoms with Gasteiger partial charge in [-0.3, -0.25) is 14.5 Å². The minimum absolute atomic E-state index is 0.119. The molecule has 2 N–H and O–H groups in total. The van der Waals surface area contributed by atoms with E-state index in [9.17, 15) is 9.59 Å². The average Bonchev–Trinajstić information content (AvgIpc) is 2.54. The first-order valence-corrected chi connectivity index (χ1v) is 8.36. The third kappa shape index (κ3) is 5.94. The Bertz CT molecular complexity index is 558. The molecular formula is C18H27N3O3. The molecule has 1 heterocycles. The van der Waals surface area contributed by atoms with Crippen LogP contribution in [-0.2, 0) is 4.74 Å². The Morgan fingerprint density at radius 1 is 1.04 bits per heavy atom. The highest BCUT2D eigenvalue weighted by Crippen LogP contribution is 2.07. The van der Waals surface area contributed by atoms with E-state index >= 15 is 0 Å². The lowest BCUT2D eigenvalue weighted by molar-refractivity contribution is 0.0383. The number of morpholine rings is 1. The molecule has 24 heavy (non-hydrogen) atoms. The first-order valence-electron chi connectivity index (χ1n) is 8.36. The molecule has 132 valence electrons. The summed E-state index contributed by atoms with van der Waals surface area (Å²) in [7, 11) is 0. The van der Waals surface area contributed by atoms with E-state index in [1.807, 2.05) is 20.8 Å². The number of hydrogen-bond acceptors (Lipinski definition) is 4. The van der Waals surface area contributed by atoms with Crippen LogP contribution in [0.3, 0.4) is 0 Å². The van der Waals surface area contributed by atoms with Crippen molar-refractivity contribution in [2.75, 3.05) is 39.4 Å². The van der Waals surface area contributed by atoms with Gasteiger partial charge in [0.15, 0.2) is 0 Å². The van der Waals surface area contributed by atoms with Crippen LogP contribution < -0.4 is 10.6 Å². The lowest BCUT2D eigenvalue weighted by Gasteiger charge is -2.26. The van der Waals surface area contributed by atoms with Gasteiger partial charge in [0.25, 0.3) is 11.8 Å². The Hall–Kier alpha value is -1.92. The molecular weight excluding hydrogens is 306 g/mol. The van der Waals surface area contributed by atoms with E-state index in [0.29, 0.717) is 17.7 Å². The van der Waals surface area contributed by atoms with Crippen LogP contribution in [0.5, 0.6) is 0 Å². The van der Waals surface area contributed by atoms with Gasteiger partial charge in [-0.15, -0.1) is 0 Å². The molecule has 1 aliphatic heterocycles. The summed E-state index contributed by atoms with van der Waals surface area (Å²) >= 11 is 0. The Kier molecular flexibility index (Phi) is 6.34. The van der Waals surface area contributed by atoms with Crippen molar-refractivity contribution in [1.82, 2.24) is 15.5 Å². The van der Waals surface area contributed by atoms with E-state index in [2.05, 4.69) is 15.5 Å². The predicted molar refractivity (Wildman–Crippen MR) is 93.3 cm³/mol. The number of ether oxygens (including phenoxy) is 1. The summed E-state index contributed by atoms with van der Waals surface area (Å²) in [6.07, 6.45) is 0. The summed E-state index contributed by atoms with van der Waals surface area (Å²) in [6, 6.07) is 6.72. The van der Waals surface area contributed by atoms with Crippen molar-refractivity contribution < 1.29 is 14.3 Å². The normalized spacial score (nSPS) is 15.8. The zero-order valence-corrected chi connectivity index (χ0v) is 14.7. The first kappa shape index (κ1) is 18.4. The molecule has 1 aliphatic rings. The summed E-state index contributed by atoms with van der Waals surface area (Å²) in [5, 5.41) is 5.81. The van der Waals surface area contributed by atoms with Gasteiger partial charge in [0.2, 0.25) is 0 Å². The van der Waals surface area contributed by atoms with Crippen molar-refractivity contribution in [2.24, 2.45) is 0 Å². The van der Waals surface area contributed by atoms with Gasteiger partial charge in [-0.2, -0.15) is 0 Å². The topological polar surface area (TPSA) is 70.7 Å². The van der Waals surface area contributed by atoms with Crippen LogP contribution in [0, 0.1) is 0 Å². The summed E-state index contributed by atoms with van der Waals surface area (Å²) < 4.78 is 5.30. The predicted octanol–water partition coefficient (Wildman–Crippen LogP) is 1.28. The molecule has 0 spiro atoms. The molecule has 1 saturated heterocycles. The average molecular weight is 333 g/mol. The second kappa shape index (κ2) is 8.26. The molecule has 0 aliphatic carbocycles. The van der Waals surface area contributed by atoms with Crippen molar-refractivity contribution in [2.45, 2.75) is 26.3 Å². The zero-order valence-electron chi connectivity index (χ0n) is 14.7. The Labute approximate surface area is 143 Å². The van der Waals surface area contributed by atoms with Gasteiger partial charge in [-0.25, -0.2) is 0 Å². The molecule has 1 aromatic carbocycles. The van der Waals surface area contributed by atoms with E-state index in [1.54, 1.807) is 24.3 Å². The van der Waals surface area contributed by atoms with Gasteiger partial charge in [0.05, 0.1) is 13.2 Å². The zero-order chi connectivity index (χ0) is 17.6. The van der Waals surface area contributed by atoms with Gasteiger partial charge >= 0.3 is 0 Å². The second-order valence-corrected chi connectivity index (χ2v) is 6.99. The third-order valence-corrected chi connectivity index (χ3v) is 3.72. The maximum absolute atomic E-state index is 12.1. The molecule has 2 rings (SSSR count). The van der Waals surface area contributed by atoms with E-state index in [0.717, 1.165) is 32.8 Å². The highest BCUT2D eigenvalue weighted by molar-refractivity contribution is 5.98. The first-order chi connectivity index (χ1) is 11.3. The van der Waals surface area contributed by atoms with Gasteiger partial charge in [0.1, 0.15) is 0 Å². The summed E-state index contributed by atoms with van der Waals surface area (Å²) in [4.78, 5) is 26.5. The Balaban J connectivity index is 1.81. The molecule has 0 aromatic heterocycles. The molecule has 6 nitrogen and oxygen atoms in total.